The van der Waals surface area contributed by atoms with E-state index in [1.165, 1.54) is 13.2 Å². The van der Waals surface area contributed by atoms with Crippen LogP contribution in [-0.2, 0) is 9.59 Å². The van der Waals surface area contributed by atoms with Gasteiger partial charge in [0.25, 0.3) is 5.91 Å². The molecule has 31 heavy (non-hydrogen) atoms. The Balaban J connectivity index is 1.64. The molecule has 1 aromatic heterocycles. The second-order valence-electron chi connectivity index (χ2n) is 6.30. The van der Waals surface area contributed by atoms with Gasteiger partial charge in [-0.25, -0.2) is 0 Å². The molecule has 6 nitrogen and oxygen atoms in total. The zero-order valence-corrected chi connectivity index (χ0v) is 17.6. The van der Waals surface area contributed by atoms with Gasteiger partial charge in [0.2, 0.25) is 5.91 Å². The van der Waals surface area contributed by atoms with E-state index in [1.807, 2.05) is 35.7 Å². The molecule has 0 atom stereocenters. The first-order valence-corrected chi connectivity index (χ1v) is 10.2. The van der Waals surface area contributed by atoms with E-state index >= 15 is 0 Å². The van der Waals surface area contributed by atoms with Crippen molar-refractivity contribution in [2.75, 3.05) is 19.0 Å². The summed E-state index contributed by atoms with van der Waals surface area (Å²) in [4.78, 5) is 24.2. The second kappa shape index (κ2) is 10.7. The van der Waals surface area contributed by atoms with E-state index in [4.69, 9.17) is 15.2 Å². The molecule has 156 valence electrons. The Labute approximate surface area is 184 Å². The molecule has 3 N–H and O–H groups in total. The van der Waals surface area contributed by atoms with Crippen molar-refractivity contribution in [1.29, 1.82) is 0 Å². The summed E-state index contributed by atoms with van der Waals surface area (Å²) in [6, 6.07) is 16.3. The molecule has 0 aliphatic carbocycles. The van der Waals surface area contributed by atoms with Crippen LogP contribution in [0.15, 0.2) is 66.1 Å². The summed E-state index contributed by atoms with van der Waals surface area (Å²) in [6.45, 7) is -0.245. The Morgan fingerprint density at radius 2 is 1.97 bits per heavy atom. The van der Waals surface area contributed by atoms with Crippen molar-refractivity contribution in [3.8, 4) is 23.3 Å². The molecule has 0 aliphatic rings. The van der Waals surface area contributed by atoms with Crippen molar-refractivity contribution in [2.45, 2.75) is 0 Å². The lowest BCUT2D eigenvalue weighted by molar-refractivity contribution is -0.120. The van der Waals surface area contributed by atoms with E-state index in [0.717, 1.165) is 16.0 Å². The first-order chi connectivity index (χ1) is 15.0. The molecule has 2 aromatic carbocycles. The monoisotopic (exact) mass is 432 g/mol. The Kier molecular flexibility index (Phi) is 7.46. The molecule has 0 saturated heterocycles. The minimum atomic E-state index is -0.579. The number of primary amides is 1. The molecule has 0 unspecified atom stereocenters. The van der Waals surface area contributed by atoms with Gasteiger partial charge < -0.3 is 20.5 Å². The van der Waals surface area contributed by atoms with E-state index < -0.39 is 5.91 Å². The molecule has 7 heteroatoms. The van der Waals surface area contributed by atoms with E-state index in [9.17, 15) is 9.59 Å². The first kappa shape index (κ1) is 21.7. The molecule has 0 bridgehead atoms. The van der Waals surface area contributed by atoms with Gasteiger partial charge in [0, 0.05) is 17.3 Å². The van der Waals surface area contributed by atoms with Gasteiger partial charge in [-0.15, -0.1) is 11.3 Å². The number of benzene rings is 2. The topological polar surface area (TPSA) is 90.7 Å². The third kappa shape index (κ3) is 6.77. The summed E-state index contributed by atoms with van der Waals surface area (Å²) in [6.07, 6.45) is 3.07. The summed E-state index contributed by atoms with van der Waals surface area (Å²) in [7, 11) is 1.49. The van der Waals surface area contributed by atoms with Gasteiger partial charge in [0.05, 0.1) is 12.0 Å². The maximum atomic E-state index is 12.3. The Hall–Kier alpha value is -4.02. The average molecular weight is 433 g/mol. The molecule has 0 saturated carbocycles. The fourth-order valence-corrected chi connectivity index (χ4v) is 3.14. The molecule has 3 rings (SSSR count). The number of hydrogen-bond donors (Lipinski definition) is 2. The maximum Gasteiger partial charge on any atom is 0.255 e. The van der Waals surface area contributed by atoms with E-state index in [-0.39, 0.29) is 12.5 Å². The number of carbonyl (C=O) groups excluding carboxylic acids is 2. The third-order valence-corrected chi connectivity index (χ3v) is 4.75. The highest BCUT2D eigenvalue weighted by Gasteiger charge is 2.06. The number of thiophene rings is 1. The number of rotatable bonds is 7. The van der Waals surface area contributed by atoms with Crippen molar-refractivity contribution in [2.24, 2.45) is 5.73 Å². The van der Waals surface area contributed by atoms with Gasteiger partial charge in [-0.05, 0) is 53.4 Å². The van der Waals surface area contributed by atoms with Crippen LogP contribution in [0, 0.1) is 11.8 Å². The Bertz CT molecular complexity index is 1160. The molecule has 0 radical (unpaired) electrons. The number of nitrogens with one attached hydrogen (secondary N) is 1. The average Bonchev–Trinajstić information content (AvgIpc) is 3.29. The number of ether oxygens (including phenoxy) is 2. The molecule has 0 fully saturated rings. The SMILES string of the molecule is COc1cc(/C=C/C(=O)Nc2cccc(C#Cc3cccs3)c2)ccc1OCC(N)=O. The standard InChI is InChI=1S/C24H20N2O4S/c1-29-22-15-18(8-11-21(22)30-16-23(25)27)9-12-24(28)26-19-5-2-4-17(14-19)7-10-20-6-3-13-31-20/h2-6,8-9,11-15H,16H2,1H3,(H2,25,27)(H,26,28)/b12-9+. The molecular weight excluding hydrogens is 412 g/mol. The molecule has 3 aromatic rings. The smallest absolute Gasteiger partial charge is 0.255 e. The normalized spacial score (nSPS) is 10.2. The minimum absolute atomic E-state index is 0.245. The molecule has 2 amide bonds. The van der Waals surface area contributed by atoms with Crippen LogP contribution in [0.3, 0.4) is 0 Å². The zero-order chi connectivity index (χ0) is 22.1. The molecular formula is C24H20N2O4S. The minimum Gasteiger partial charge on any atom is -0.493 e. The first-order valence-electron chi connectivity index (χ1n) is 9.27. The lowest BCUT2D eigenvalue weighted by Crippen LogP contribution is -2.20. The summed E-state index contributed by atoms with van der Waals surface area (Å²) < 4.78 is 10.6. The molecule has 0 spiro atoms. The van der Waals surface area contributed by atoms with Crippen molar-refractivity contribution in [3.63, 3.8) is 0 Å². The van der Waals surface area contributed by atoms with Crippen LogP contribution in [-0.4, -0.2) is 25.5 Å². The van der Waals surface area contributed by atoms with Crippen LogP contribution >= 0.6 is 11.3 Å². The summed E-state index contributed by atoms with van der Waals surface area (Å²) in [5.74, 6) is 6.15. The second-order valence-corrected chi connectivity index (χ2v) is 7.24. The predicted molar refractivity (Wildman–Crippen MR) is 122 cm³/mol. The van der Waals surface area contributed by atoms with Gasteiger partial charge in [-0.1, -0.05) is 30.0 Å². The van der Waals surface area contributed by atoms with Crippen LogP contribution in [0.1, 0.15) is 16.0 Å². The lowest BCUT2D eigenvalue weighted by Gasteiger charge is -2.10. The zero-order valence-electron chi connectivity index (χ0n) is 16.8. The Morgan fingerprint density at radius 1 is 1.10 bits per heavy atom. The van der Waals surface area contributed by atoms with E-state index in [2.05, 4.69) is 17.2 Å². The Morgan fingerprint density at radius 3 is 2.71 bits per heavy atom. The van der Waals surface area contributed by atoms with Crippen LogP contribution in [0.5, 0.6) is 11.5 Å². The molecule has 1 heterocycles. The van der Waals surface area contributed by atoms with E-state index in [1.54, 1.807) is 41.7 Å². The van der Waals surface area contributed by atoms with E-state index in [0.29, 0.717) is 17.2 Å². The fraction of sp³-hybridized carbons (Fsp3) is 0.0833. The number of carbonyl (C=O) groups is 2. The number of methoxy groups -OCH3 is 1. The maximum absolute atomic E-state index is 12.3. The van der Waals surface area contributed by atoms with Crippen molar-refractivity contribution in [1.82, 2.24) is 0 Å². The van der Waals surface area contributed by atoms with Crippen LogP contribution < -0.4 is 20.5 Å². The van der Waals surface area contributed by atoms with Gasteiger partial charge in [-0.2, -0.15) is 0 Å². The van der Waals surface area contributed by atoms with Crippen molar-refractivity contribution >= 4 is 34.9 Å². The summed E-state index contributed by atoms with van der Waals surface area (Å²) in [5, 5.41) is 4.80. The summed E-state index contributed by atoms with van der Waals surface area (Å²) >= 11 is 1.58. The number of amides is 2. The van der Waals surface area contributed by atoms with Crippen LogP contribution in [0.4, 0.5) is 5.69 Å². The quantitative estimate of drug-likeness (QED) is 0.440. The van der Waals surface area contributed by atoms with Crippen LogP contribution in [0.25, 0.3) is 6.08 Å². The predicted octanol–water partition coefficient (Wildman–Crippen LogP) is 3.67. The van der Waals surface area contributed by atoms with Crippen LogP contribution in [0.2, 0.25) is 0 Å². The summed E-state index contributed by atoms with van der Waals surface area (Å²) in [5.41, 5.74) is 7.28. The largest absolute Gasteiger partial charge is 0.493 e. The van der Waals surface area contributed by atoms with Gasteiger partial charge in [0.1, 0.15) is 0 Å². The highest BCUT2D eigenvalue weighted by molar-refractivity contribution is 7.10. The molecule has 0 aliphatic heterocycles. The van der Waals surface area contributed by atoms with Gasteiger partial charge in [-0.3, -0.25) is 9.59 Å². The number of hydrogen-bond acceptors (Lipinski definition) is 5. The fourth-order valence-electron chi connectivity index (χ4n) is 2.57. The highest BCUT2D eigenvalue weighted by Crippen LogP contribution is 2.28. The van der Waals surface area contributed by atoms with Crippen molar-refractivity contribution < 1.29 is 19.1 Å². The van der Waals surface area contributed by atoms with Gasteiger partial charge >= 0.3 is 0 Å². The lowest BCUT2D eigenvalue weighted by atomic mass is 10.1. The third-order valence-electron chi connectivity index (χ3n) is 3.97. The van der Waals surface area contributed by atoms with Gasteiger partial charge in [0.15, 0.2) is 18.1 Å². The number of nitrogens with two attached hydrogens (primary N) is 1. The highest BCUT2D eigenvalue weighted by atomic mass is 32.1. The number of anilines is 1. The van der Waals surface area contributed by atoms with Crippen molar-refractivity contribution in [3.05, 3.63) is 82.1 Å².